The summed E-state index contributed by atoms with van der Waals surface area (Å²) >= 11 is 0. The third kappa shape index (κ3) is 31.3. The lowest BCUT2D eigenvalue weighted by atomic mass is 9.96. The van der Waals surface area contributed by atoms with Crippen molar-refractivity contribution in [2.75, 3.05) is 6.61 Å². The highest BCUT2D eigenvalue weighted by atomic mass is 31.2. The third-order valence-electron chi connectivity index (χ3n) is 12.1. The summed E-state index contributed by atoms with van der Waals surface area (Å²) in [4.78, 5) is 59.6. The Morgan fingerprint density at radius 1 is 0.578 bits per heavy atom. The Morgan fingerprint density at radius 3 is 1.41 bits per heavy atom. The molecule has 0 radical (unpaired) electrons. The fraction of sp³-hybridized carbons (Fsp3) is 0.938. The summed E-state index contributed by atoms with van der Waals surface area (Å²) in [5.41, 5.74) is 0. The van der Waals surface area contributed by atoms with E-state index >= 15 is 0 Å². The van der Waals surface area contributed by atoms with Crippen LogP contribution < -0.4 is 5.32 Å². The van der Waals surface area contributed by atoms with Crippen LogP contribution in [-0.2, 0) is 37.7 Å². The van der Waals surface area contributed by atoms with Crippen molar-refractivity contribution < 1.29 is 67.9 Å². The fourth-order valence-electron chi connectivity index (χ4n) is 8.39. The summed E-state index contributed by atoms with van der Waals surface area (Å²) < 4.78 is 33.9. The number of unbranched alkanes of at least 4 members (excludes halogenated alkanes) is 24. The van der Waals surface area contributed by atoms with E-state index in [9.17, 15) is 49.2 Å². The summed E-state index contributed by atoms with van der Waals surface area (Å²) in [7, 11) is -5.32. The molecule has 0 aliphatic carbocycles. The molecule has 1 aliphatic heterocycles. The molecule has 0 aromatic carbocycles. The summed E-state index contributed by atoms with van der Waals surface area (Å²) in [5, 5.41) is 44.8. The lowest BCUT2D eigenvalue weighted by Gasteiger charge is -2.43. The first-order valence-electron chi connectivity index (χ1n) is 25.5. The minimum absolute atomic E-state index is 0.248. The van der Waals surface area contributed by atoms with Gasteiger partial charge in [-0.15, -0.1) is 0 Å². The second kappa shape index (κ2) is 38.3. The van der Waals surface area contributed by atoms with Crippen molar-refractivity contribution in [1.82, 2.24) is 5.32 Å². The van der Waals surface area contributed by atoms with Gasteiger partial charge in [0.15, 0.2) is 12.4 Å². The van der Waals surface area contributed by atoms with E-state index in [1.807, 2.05) is 0 Å². The first-order chi connectivity index (χ1) is 30.7. The van der Waals surface area contributed by atoms with Crippen LogP contribution in [0.5, 0.6) is 0 Å². The van der Waals surface area contributed by atoms with E-state index in [-0.39, 0.29) is 12.8 Å². The Balaban J connectivity index is 2.99. The molecular weight excluding hydrogens is 845 g/mol. The standard InChI is InChI=1S/C48H92NO14P/c1-4-7-10-13-16-19-22-25-28-31-38(51)34-42(53)49-45-47(46(63-64(57,58)59)41(37-50)61-48(45)56)62-44(55)36-40(33-30-27-24-21-18-15-12-9-6-3)60-43(54)35-39(52)32-29-26-23-20-17-14-11-8-5-2/h38-41,45-48,50-52,56H,4-37H2,1-3H3,(H,49,53)(H2,57,58,59)/t38-,39-,40-,41-,45-,46-,47-,48-/m1/s1. The van der Waals surface area contributed by atoms with Gasteiger partial charge in [0.05, 0.1) is 38.1 Å². The van der Waals surface area contributed by atoms with Crippen molar-refractivity contribution >= 4 is 25.7 Å². The zero-order chi connectivity index (χ0) is 47.4. The Kier molecular flexibility index (Phi) is 36.1. The van der Waals surface area contributed by atoms with Crippen LogP contribution >= 0.6 is 7.82 Å². The molecule has 16 heteroatoms. The van der Waals surface area contributed by atoms with Crippen LogP contribution in [0, 0.1) is 0 Å². The zero-order valence-corrected chi connectivity index (χ0v) is 41.0. The highest BCUT2D eigenvalue weighted by Crippen LogP contribution is 2.42. The maximum Gasteiger partial charge on any atom is 0.470 e. The van der Waals surface area contributed by atoms with Crippen LogP contribution in [0.1, 0.15) is 233 Å². The largest absolute Gasteiger partial charge is 0.470 e. The topological polar surface area (TPSA) is 239 Å². The van der Waals surface area contributed by atoms with Crippen LogP contribution in [-0.4, -0.2) is 104 Å². The van der Waals surface area contributed by atoms with Crippen LogP contribution in [0.25, 0.3) is 0 Å². The van der Waals surface area contributed by atoms with Gasteiger partial charge in [0.25, 0.3) is 0 Å². The number of carbonyl (C=O) groups excluding carboxylic acids is 3. The minimum atomic E-state index is -5.32. The molecule has 0 aromatic rings. The summed E-state index contributed by atoms with van der Waals surface area (Å²) in [6.07, 6.45) is 19.3. The Morgan fingerprint density at radius 2 is 0.984 bits per heavy atom. The average Bonchev–Trinajstić information content (AvgIpc) is 3.23. The summed E-state index contributed by atoms with van der Waals surface area (Å²) in [6.45, 7) is 5.65. The van der Waals surface area contributed by atoms with Crippen molar-refractivity contribution in [2.24, 2.45) is 0 Å². The van der Waals surface area contributed by atoms with Crippen molar-refractivity contribution in [3.8, 4) is 0 Å². The number of aliphatic hydroxyl groups is 4. The summed E-state index contributed by atoms with van der Waals surface area (Å²) in [5.74, 6) is -2.40. The molecule has 1 saturated heterocycles. The van der Waals surface area contributed by atoms with E-state index in [4.69, 9.17) is 18.7 Å². The second-order valence-electron chi connectivity index (χ2n) is 18.2. The van der Waals surface area contributed by atoms with Crippen molar-refractivity contribution in [2.45, 2.75) is 282 Å². The number of aliphatic hydroxyl groups excluding tert-OH is 4. The Labute approximate surface area is 386 Å². The van der Waals surface area contributed by atoms with Gasteiger partial charge in [-0.1, -0.05) is 188 Å². The molecule has 0 spiro atoms. The van der Waals surface area contributed by atoms with Crippen LogP contribution in [0.3, 0.4) is 0 Å². The van der Waals surface area contributed by atoms with Gasteiger partial charge in [0.1, 0.15) is 24.4 Å². The molecule has 1 amide bonds. The number of carbonyl (C=O) groups is 3. The molecular formula is C48H92NO14P. The van der Waals surface area contributed by atoms with Gasteiger partial charge in [-0.3, -0.25) is 18.9 Å². The number of esters is 2. The minimum Gasteiger partial charge on any atom is -0.462 e. The lowest BCUT2D eigenvalue weighted by Crippen LogP contribution is -2.65. The molecule has 1 fully saturated rings. The number of ether oxygens (including phenoxy) is 3. The van der Waals surface area contributed by atoms with Gasteiger partial charge in [0.2, 0.25) is 5.91 Å². The van der Waals surface area contributed by atoms with Crippen molar-refractivity contribution in [3.05, 3.63) is 0 Å². The van der Waals surface area contributed by atoms with Crippen LogP contribution in [0.15, 0.2) is 0 Å². The normalized spacial score (nSPS) is 20.4. The number of amides is 1. The van der Waals surface area contributed by atoms with E-state index in [0.29, 0.717) is 32.1 Å². The molecule has 0 saturated carbocycles. The van der Waals surface area contributed by atoms with E-state index in [0.717, 1.165) is 70.6 Å². The number of hydrogen-bond donors (Lipinski definition) is 7. The molecule has 15 nitrogen and oxygen atoms in total. The highest BCUT2D eigenvalue weighted by molar-refractivity contribution is 7.46. The first kappa shape index (κ1) is 60.3. The number of hydrogen-bond acceptors (Lipinski definition) is 12. The van der Waals surface area contributed by atoms with E-state index in [1.165, 1.54) is 89.9 Å². The second-order valence-corrected chi connectivity index (χ2v) is 19.4. The Hall–Kier alpha value is -1.68. The van der Waals surface area contributed by atoms with E-state index in [2.05, 4.69) is 26.1 Å². The van der Waals surface area contributed by atoms with Gasteiger partial charge in [-0.25, -0.2) is 4.57 Å². The van der Waals surface area contributed by atoms with Gasteiger partial charge in [0, 0.05) is 0 Å². The van der Waals surface area contributed by atoms with Gasteiger partial charge in [-0.05, 0) is 25.7 Å². The zero-order valence-electron chi connectivity index (χ0n) is 40.1. The van der Waals surface area contributed by atoms with E-state index < -0.39 is 87.7 Å². The predicted octanol–water partition coefficient (Wildman–Crippen LogP) is 9.14. The lowest BCUT2D eigenvalue weighted by molar-refractivity contribution is -0.256. The van der Waals surface area contributed by atoms with Crippen molar-refractivity contribution in [1.29, 1.82) is 0 Å². The molecule has 0 bridgehead atoms. The molecule has 1 aliphatic rings. The van der Waals surface area contributed by atoms with E-state index in [1.54, 1.807) is 0 Å². The predicted molar refractivity (Wildman–Crippen MR) is 248 cm³/mol. The number of rotatable bonds is 42. The highest BCUT2D eigenvalue weighted by Gasteiger charge is 2.51. The quantitative estimate of drug-likeness (QED) is 0.0172. The molecule has 64 heavy (non-hydrogen) atoms. The monoisotopic (exact) mass is 938 g/mol. The maximum atomic E-state index is 13.7. The third-order valence-corrected chi connectivity index (χ3v) is 12.6. The molecule has 1 rings (SSSR count). The number of phosphoric acid groups is 1. The SMILES string of the molecule is CCCCCCCCCCC[C@@H](O)CC(=O)N[C@@H]1[C@@H](OC(=O)C[C@@H](CCCCCCCCCCC)OC(=O)C[C@H](O)CCCCCCCCCCC)[C@H](OP(=O)(O)O)[C@@H](CO)O[C@H]1O. The number of phosphoric ester groups is 1. The summed E-state index contributed by atoms with van der Waals surface area (Å²) in [6, 6.07) is -1.62. The fourth-order valence-corrected chi connectivity index (χ4v) is 8.96. The smallest absolute Gasteiger partial charge is 0.462 e. The first-order valence-corrected chi connectivity index (χ1v) is 27.0. The van der Waals surface area contributed by atoms with Gasteiger partial charge in [-0.2, -0.15) is 0 Å². The van der Waals surface area contributed by atoms with Crippen LogP contribution in [0.2, 0.25) is 0 Å². The molecule has 0 aromatic heterocycles. The molecule has 0 unspecified atom stereocenters. The maximum absolute atomic E-state index is 13.7. The molecule has 378 valence electrons. The molecule has 7 N–H and O–H groups in total. The van der Waals surface area contributed by atoms with Crippen LogP contribution in [0.4, 0.5) is 0 Å². The molecule has 1 heterocycles. The molecule has 8 atom stereocenters. The Bertz CT molecular complexity index is 1220. The van der Waals surface area contributed by atoms with Gasteiger partial charge >= 0.3 is 19.8 Å². The van der Waals surface area contributed by atoms with Gasteiger partial charge < -0.3 is 49.7 Å². The van der Waals surface area contributed by atoms with Crippen molar-refractivity contribution in [3.63, 3.8) is 0 Å². The number of nitrogens with one attached hydrogen (secondary N) is 1. The average molecular weight is 938 g/mol.